The van der Waals surface area contributed by atoms with E-state index < -0.39 is 5.97 Å². The predicted molar refractivity (Wildman–Crippen MR) is 118 cm³/mol. The number of hydrogen-bond donors (Lipinski definition) is 3. The molecule has 0 unspecified atom stereocenters. The third-order valence-corrected chi connectivity index (χ3v) is 4.98. The van der Waals surface area contributed by atoms with Crippen LogP contribution in [-0.2, 0) is 11.2 Å². The SMILES string of the molecule is O=C(Cc1ccc(Cl)cc1)NC(=S)Nc1c(I)cc(I)cc1C(=O)O. The number of carboxylic acids is 1. The normalized spacial score (nSPS) is 10.2. The summed E-state index contributed by atoms with van der Waals surface area (Å²) in [5.74, 6) is -1.38. The molecule has 2 rings (SSSR count). The van der Waals surface area contributed by atoms with Crippen LogP contribution in [0.1, 0.15) is 15.9 Å². The van der Waals surface area contributed by atoms with Gasteiger partial charge in [-0.05, 0) is 87.2 Å². The number of carbonyl (C=O) groups is 2. The van der Waals surface area contributed by atoms with Crippen LogP contribution in [0, 0.1) is 7.14 Å². The van der Waals surface area contributed by atoms with Crippen LogP contribution in [0.25, 0.3) is 0 Å². The smallest absolute Gasteiger partial charge is 0.337 e. The van der Waals surface area contributed by atoms with E-state index in [1.807, 2.05) is 51.2 Å². The van der Waals surface area contributed by atoms with Crippen LogP contribution in [0.15, 0.2) is 36.4 Å². The Labute approximate surface area is 181 Å². The highest BCUT2D eigenvalue weighted by atomic mass is 127. The molecular formula is C16H11ClI2N2O3S. The summed E-state index contributed by atoms with van der Waals surface area (Å²) in [4.78, 5) is 23.5. The van der Waals surface area contributed by atoms with Crippen molar-refractivity contribution in [1.82, 2.24) is 5.32 Å². The number of carbonyl (C=O) groups excluding carboxylic acids is 1. The number of hydrogen-bond acceptors (Lipinski definition) is 3. The van der Waals surface area contributed by atoms with Gasteiger partial charge >= 0.3 is 5.97 Å². The number of rotatable bonds is 4. The molecule has 0 heterocycles. The lowest BCUT2D eigenvalue weighted by atomic mass is 10.1. The number of amides is 1. The average Bonchev–Trinajstić information content (AvgIpc) is 2.51. The second-order valence-electron chi connectivity index (χ2n) is 4.92. The molecule has 2 aromatic rings. The number of halogens is 3. The number of nitrogens with one attached hydrogen (secondary N) is 2. The summed E-state index contributed by atoms with van der Waals surface area (Å²) in [5.41, 5.74) is 1.23. The Kier molecular flexibility index (Phi) is 7.40. The summed E-state index contributed by atoms with van der Waals surface area (Å²) in [7, 11) is 0. The second kappa shape index (κ2) is 9.10. The lowest BCUT2D eigenvalue weighted by Crippen LogP contribution is -2.35. The van der Waals surface area contributed by atoms with E-state index in [1.54, 1.807) is 24.3 Å². The van der Waals surface area contributed by atoms with E-state index in [0.29, 0.717) is 14.3 Å². The van der Waals surface area contributed by atoms with Crippen molar-refractivity contribution in [3.8, 4) is 0 Å². The lowest BCUT2D eigenvalue weighted by molar-refractivity contribution is -0.119. The molecule has 25 heavy (non-hydrogen) atoms. The Hall–Kier alpha value is -0.980. The van der Waals surface area contributed by atoms with Crippen molar-refractivity contribution in [2.45, 2.75) is 6.42 Å². The molecule has 3 N–H and O–H groups in total. The van der Waals surface area contributed by atoms with Gasteiger partial charge in [-0.25, -0.2) is 4.79 Å². The minimum absolute atomic E-state index is 0.0422. The molecule has 0 aliphatic rings. The Morgan fingerprint density at radius 1 is 1.16 bits per heavy atom. The summed E-state index contributed by atoms with van der Waals surface area (Å²) in [6, 6.07) is 10.3. The van der Waals surface area contributed by atoms with Crippen molar-refractivity contribution in [3.63, 3.8) is 0 Å². The van der Waals surface area contributed by atoms with Gasteiger partial charge in [-0.15, -0.1) is 0 Å². The fourth-order valence-electron chi connectivity index (χ4n) is 1.97. The highest BCUT2D eigenvalue weighted by molar-refractivity contribution is 14.1. The maximum atomic E-state index is 12.1. The molecule has 0 saturated carbocycles. The van der Waals surface area contributed by atoms with Crippen LogP contribution in [0.5, 0.6) is 0 Å². The third-order valence-electron chi connectivity index (χ3n) is 3.05. The average molecular weight is 601 g/mol. The number of benzene rings is 2. The standard InChI is InChI=1S/C16H11ClI2N2O3S/c17-9-3-1-8(2-4-9)5-13(22)20-16(25)21-14-11(15(23)24)6-10(18)7-12(14)19/h1-4,6-7H,5H2,(H,23,24)(H2,20,21,22,25). The largest absolute Gasteiger partial charge is 0.478 e. The number of carboxylic acid groups (broad SMARTS) is 1. The number of aromatic carboxylic acids is 1. The maximum absolute atomic E-state index is 12.1. The van der Waals surface area contributed by atoms with Crippen LogP contribution in [0.2, 0.25) is 5.02 Å². The van der Waals surface area contributed by atoms with Crippen LogP contribution < -0.4 is 10.6 Å². The first-order chi connectivity index (χ1) is 11.8. The monoisotopic (exact) mass is 600 g/mol. The minimum Gasteiger partial charge on any atom is -0.478 e. The van der Waals surface area contributed by atoms with Gasteiger partial charge < -0.3 is 15.7 Å². The fourth-order valence-corrected chi connectivity index (χ4v) is 4.29. The van der Waals surface area contributed by atoms with Gasteiger partial charge in [0.25, 0.3) is 0 Å². The van der Waals surface area contributed by atoms with Gasteiger partial charge in [0.1, 0.15) is 0 Å². The van der Waals surface area contributed by atoms with E-state index in [1.165, 1.54) is 6.07 Å². The molecule has 0 radical (unpaired) electrons. The molecule has 0 aliphatic carbocycles. The predicted octanol–water partition coefficient (Wildman–Crippen LogP) is 4.30. The van der Waals surface area contributed by atoms with Crippen molar-refractivity contribution in [1.29, 1.82) is 0 Å². The summed E-state index contributed by atoms with van der Waals surface area (Å²) in [6.07, 6.45) is 0.133. The summed E-state index contributed by atoms with van der Waals surface area (Å²) >= 11 is 15.0. The zero-order valence-electron chi connectivity index (χ0n) is 12.5. The highest BCUT2D eigenvalue weighted by Crippen LogP contribution is 2.26. The lowest BCUT2D eigenvalue weighted by Gasteiger charge is -2.14. The molecule has 0 saturated heterocycles. The van der Waals surface area contributed by atoms with Crippen LogP contribution in [0.4, 0.5) is 5.69 Å². The van der Waals surface area contributed by atoms with Crippen molar-refractivity contribution in [2.24, 2.45) is 0 Å². The zero-order chi connectivity index (χ0) is 18.6. The van der Waals surface area contributed by atoms with Crippen LogP contribution in [0.3, 0.4) is 0 Å². The number of thiocarbonyl (C=S) groups is 1. The second-order valence-corrected chi connectivity index (χ2v) is 8.17. The minimum atomic E-state index is -1.07. The summed E-state index contributed by atoms with van der Waals surface area (Å²) < 4.78 is 1.49. The molecule has 0 fully saturated rings. The number of anilines is 1. The van der Waals surface area contributed by atoms with E-state index in [9.17, 15) is 14.7 Å². The highest BCUT2D eigenvalue weighted by Gasteiger charge is 2.16. The molecule has 0 atom stereocenters. The topological polar surface area (TPSA) is 78.4 Å². The summed E-state index contributed by atoms with van der Waals surface area (Å²) in [6.45, 7) is 0. The van der Waals surface area contributed by atoms with Crippen molar-refractivity contribution in [2.75, 3.05) is 5.32 Å². The first-order valence-electron chi connectivity index (χ1n) is 6.84. The van der Waals surface area contributed by atoms with E-state index in [2.05, 4.69) is 10.6 Å². The van der Waals surface area contributed by atoms with E-state index in [4.69, 9.17) is 23.8 Å². The first-order valence-corrected chi connectivity index (χ1v) is 9.78. The maximum Gasteiger partial charge on any atom is 0.337 e. The fraction of sp³-hybridized carbons (Fsp3) is 0.0625. The van der Waals surface area contributed by atoms with Crippen molar-refractivity contribution >= 4 is 91.7 Å². The van der Waals surface area contributed by atoms with Gasteiger partial charge in [0.05, 0.1) is 17.7 Å². The molecule has 0 bridgehead atoms. The molecule has 130 valence electrons. The van der Waals surface area contributed by atoms with E-state index >= 15 is 0 Å². The van der Waals surface area contributed by atoms with E-state index in [0.717, 1.165) is 9.13 Å². The van der Waals surface area contributed by atoms with Crippen LogP contribution in [-0.4, -0.2) is 22.1 Å². The Bertz CT molecular complexity index is 844. The molecule has 0 aromatic heterocycles. The molecule has 1 amide bonds. The van der Waals surface area contributed by atoms with Crippen molar-refractivity contribution < 1.29 is 14.7 Å². The molecule has 0 aliphatic heterocycles. The van der Waals surface area contributed by atoms with Gasteiger partial charge in [0.2, 0.25) is 5.91 Å². The Balaban J connectivity index is 2.06. The third kappa shape index (κ3) is 6.04. The molecule has 0 spiro atoms. The quantitative estimate of drug-likeness (QED) is 0.361. The van der Waals surface area contributed by atoms with E-state index in [-0.39, 0.29) is 23.0 Å². The first kappa shape index (κ1) is 20.3. The van der Waals surface area contributed by atoms with Gasteiger partial charge in [-0.3, -0.25) is 4.79 Å². The van der Waals surface area contributed by atoms with Crippen LogP contribution >= 0.6 is 69.0 Å². The van der Waals surface area contributed by atoms with Gasteiger partial charge in [-0.2, -0.15) is 0 Å². The van der Waals surface area contributed by atoms with Crippen molar-refractivity contribution in [3.05, 3.63) is 59.7 Å². The molecule has 5 nitrogen and oxygen atoms in total. The zero-order valence-corrected chi connectivity index (χ0v) is 18.4. The Morgan fingerprint density at radius 2 is 1.80 bits per heavy atom. The van der Waals surface area contributed by atoms with Gasteiger partial charge in [-0.1, -0.05) is 23.7 Å². The molecular weight excluding hydrogens is 590 g/mol. The molecule has 2 aromatic carbocycles. The summed E-state index contributed by atoms with van der Waals surface area (Å²) in [5, 5.41) is 15.3. The van der Waals surface area contributed by atoms with Gasteiger partial charge in [0, 0.05) is 12.2 Å². The van der Waals surface area contributed by atoms with Gasteiger partial charge in [0.15, 0.2) is 5.11 Å². The Morgan fingerprint density at radius 3 is 2.40 bits per heavy atom. The molecule has 9 heteroatoms.